The van der Waals surface area contributed by atoms with Gasteiger partial charge in [0, 0.05) is 60.9 Å². The Balaban J connectivity index is 1.32. The maximum Gasteiger partial charge on any atom is 0.512 e. The van der Waals surface area contributed by atoms with Crippen molar-refractivity contribution in [1.29, 1.82) is 0 Å². The molecular formula is C30H38FN4O5+. The highest BCUT2D eigenvalue weighted by Gasteiger charge is 2.38. The van der Waals surface area contributed by atoms with E-state index in [1.165, 1.54) is 12.1 Å². The lowest BCUT2D eigenvalue weighted by Crippen LogP contribution is -2.55. The van der Waals surface area contributed by atoms with Crippen LogP contribution < -0.4 is 5.56 Å². The van der Waals surface area contributed by atoms with Gasteiger partial charge in [0.2, 0.25) is 6.73 Å². The van der Waals surface area contributed by atoms with Crippen molar-refractivity contribution in [3.8, 4) is 0 Å². The molecule has 3 aromatic rings. The Morgan fingerprint density at radius 1 is 1.23 bits per heavy atom. The predicted octanol–water partition coefficient (Wildman–Crippen LogP) is 5.18. The average molecular weight is 554 g/mol. The summed E-state index contributed by atoms with van der Waals surface area (Å²) < 4.78 is 32.2. The summed E-state index contributed by atoms with van der Waals surface area (Å²) in [5.74, 6) is 0.665. The number of likely N-dealkylation sites (tertiary alicyclic amines) is 1. The van der Waals surface area contributed by atoms with Crippen LogP contribution in [0.15, 0.2) is 39.7 Å². The van der Waals surface area contributed by atoms with Crippen LogP contribution in [0.4, 0.5) is 9.18 Å². The second kappa shape index (κ2) is 12.3. The van der Waals surface area contributed by atoms with E-state index in [1.807, 2.05) is 24.5 Å². The molecule has 1 fully saturated rings. The van der Waals surface area contributed by atoms with Gasteiger partial charge in [0.15, 0.2) is 5.58 Å². The minimum atomic E-state index is -0.698. The van der Waals surface area contributed by atoms with Crippen LogP contribution in [0.5, 0.6) is 0 Å². The molecule has 1 saturated heterocycles. The highest BCUT2D eigenvalue weighted by Crippen LogP contribution is 2.35. The van der Waals surface area contributed by atoms with Crippen LogP contribution in [0, 0.1) is 12.7 Å². The Hall–Kier alpha value is -3.53. The molecule has 0 amide bonds. The van der Waals surface area contributed by atoms with Gasteiger partial charge in [-0.05, 0) is 38.3 Å². The van der Waals surface area contributed by atoms with Gasteiger partial charge in [-0.15, -0.1) is 0 Å². The maximum atomic E-state index is 13.7. The Kier molecular flexibility index (Phi) is 8.63. The molecule has 214 valence electrons. The SMILES string of the molecule is CCC=CCOC(=O)OC[N+]1(CCc2c(C)nc3n(c2=O)CCCC3)CCC(c2noc3cc(F)ccc23)CC1. The van der Waals surface area contributed by atoms with Crippen molar-refractivity contribution in [2.45, 2.75) is 71.3 Å². The standard InChI is InChI=1S/C30H38FN4O5/c1-3-4-7-18-38-30(37)39-20-35(17-13-24-21(2)32-27-8-5-6-14-34(27)29(24)36)15-11-22(12-16-35)28-25-10-9-23(31)19-26(25)40-33-28/h4,7,9-10,19,22H,3,5-6,8,11-18,20H2,1-2H3/q+1. The van der Waals surface area contributed by atoms with Crippen LogP contribution in [0.3, 0.4) is 0 Å². The molecule has 0 unspecified atom stereocenters. The molecule has 1 aromatic carbocycles. The van der Waals surface area contributed by atoms with E-state index >= 15 is 0 Å². The number of hydrogen-bond donors (Lipinski definition) is 0. The van der Waals surface area contributed by atoms with Gasteiger partial charge in [-0.1, -0.05) is 24.2 Å². The fraction of sp³-hybridized carbons (Fsp3) is 0.533. The van der Waals surface area contributed by atoms with E-state index in [-0.39, 0.29) is 30.6 Å². The largest absolute Gasteiger partial charge is 0.512 e. The first-order chi connectivity index (χ1) is 19.4. The number of carbonyl (C=O) groups excluding carboxylic acids is 1. The number of fused-ring (bicyclic) bond motifs is 2. The molecule has 5 rings (SSSR count). The van der Waals surface area contributed by atoms with Gasteiger partial charge < -0.3 is 14.0 Å². The second-order valence-corrected chi connectivity index (χ2v) is 11.0. The first-order valence-corrected chi connectivity index (χ1v) is 14.3. The topological polar surface area (TPSA) is 96.5 Å². The van der Waals surface area contributed by atoms with Crippen molar-refractivity contribution in [3.63, 3.8) is 0 Å². The molecule has 10 heteroatoms. The molecule has 2 aliphatic heterocycles. The van der Waals surface area contributed by atoms with E-state index in [1.54, 1.807) is 12.1 Å². The lowest BCUT2D eigenvalue weighted by Gasteiger charge is -2.42. The predicted molar refractivity (Wildman–Crippen MR) is 147 cm³/mol. The highest BCUT2D eigenvalue weighted by molar-refractivity contribution is 5.79. The Bertz CT molecular complexity index is 1440. The van der Waals surface area contributed by atoms with Crippen molar-refractivity contribution in [1.82, 2.24) is 14.7 Å². The minimum absolute atomic E-state index is 0.0552. The maximum absolute atomic E-state index is 13.7. The Morgan fingerprint density at radius 2 is 2.05 bits per heavy atom. The summed E-state index contributed by atoms with van der Waals surface area (Å²) in [7, 11) is 0. The fourth-order valence-corrected chi connectivity index (χ4v) is 5.98. The van der Waals surface area contributed by atoms with Crippen molar-refractivity contribution < 1.29 is 27.7 Å². The Morgan fingerprint density at radius 3 is 2.85 bits per heavy atom. The zero-order chi connectivity index (χ0) is 28.1. The van der Waals surface area contributed by atoms with Gasteiger partial charge in [0.25, 0.3) is 5.56 Å². The molecule has 0 aliphatic carbocycles. The zero-order valence-corrected chi connectivity index (χ0v) is 23.4. The summed E-state index contributed by atoms with van der Waals surface area (Å²) in [5, 5.41) is 5.10. The highest BCUT2D eigenvalue weighted by atomic mass is 19.1. The number of nitrogens with zero attached hydrogens (tertiary/aromatic N) is 4. The normalized spacial score (nSPS) is 21.0. The Labute approximate surface area is 233 Å². The van der Waals surface area contributed by atoms with Crippen LogP contribution in [-0.2, 0) is 28.9 Å². The van der Waals surface area contributed by atoms with Crippen molar-refractivity contribution in [2.75, 3.05) is 33.0 Å². The van der Waals surface area contributed by atoms with Crippen LogP contribution >= 0.6 is 0 Å². The van der Waals surface area contributed by atoms with E-state index in [9.17, 15) is 14.0 Å². The van der Waals surface area contributed by atoms with E-state index in [0.29, 0.717) is 29.6 Å². The van der Waals surface area contributed by atoms with Crippen LogP contribution in [0.25, 0.3) is 11.0 Å². The number of halogens is 1. The molecule has 0 atom stereocenters. The number of quaternary nitrogens is 1. The third-order valence-electron chi connectivity index (χ3n) is 8.33. The summed E-state index contributed by atoms with van der Waals surface area (Å²) in [6, 6.07) is 4.51. The zero-order valence-electron chi connectivity index (χ0n) is 23.4. The molecule has 0 bridgehead atoms. The van der Waals surface area contributed by atoms with Crippen molar-refractivity contribution in [2.24, 2.45) is 0 Å². The molecule has 4 heterocycles. The van der Waals surface area contributed by atoms with Crippen LogP contribution in [0.1, 0.15) is 67.7 Å². The summed E-state index contributed by atoms with van der Waals surface area (Å²) >= 11 is 0. The van der Waals surface area contributed by atoms with Gasteiger partial charge in [0.1, 0.15) is 18.2 Å². The van der Waals surface area contributed by atoms with Crippen LogP contribution in [-0.4, -0.2) is 58.3 Å². The quantitative estimate of drug-likeness (QED) is 0.205. The van der Waals surface area contributed by atoms with Crippen LogP contribution in [0.2, 0.25) is 0 Å². The molecule has 9 nitrogen and oxygen atoms in total. The van der Waals surface area contributed by atoms with Crippen molar-refractivity contribution >= 4 is 17.1 Å². The van der Waals surface area contributed by atoms with E-state index < -0.39 is 6.16 Å². The number of aryl methyl sites for hydroxylation is 2. The monoisotopic (exact) mass is 553 g/mol. The summed E-state index contributed by atoms with van der Waals surface area (Å²) in [6.07, 6.45) is 8.91. The second-order valence-electron chi connectivity index (χ2n) is 11.0. The van der Waals surface area contributed by atoms with Gasteiger partial charge >= 0.3 is 6.16 Å². The third-order valence-corrected chi connectivity index (χ3v) is 8.33. The van der Waals surface area contributed by atoms with E-state index in [0.717, 1.165) is 79.8 Å². The summed E-state index contributed by atoms with van der Waals surface area (Å²) in [6.45, 7) is 7.06. The number of aromatic nitrogens is 3. The van der Waals surface area contributed by atoms with Gasteiger partial charge in [-0.25, -0.2) is 14.2 Å². The molecule has 2 aromatic heterocycles. The van der Waals surface area contributed by atoms with E-state index in [4.69, 9.17) is 19.0 Å². The van der Waals surface area contributed by atoms with E-state index in [2.05, 4.69) is 5.16 Å². The number of carbonyl (C=O) groups is 1. The molecule has 40 heavy (non-hydrogen) atoms. The molecule has 0 spiro atoms. The molecule has 0 radical (unpaired) electrons. The number of allylic oxidation sites excluding steroid dienone is 1. The number of rotatable bonds is 9. The number of benzene rings is 1. The van der Waals surface area contributed by atoms with Gasteiger partial charge in [0.05, 0.1) is 25.3 Å². The smallest absolute Gasteiger partial charge is 0.430 e. The number of piperidine rings is 1. The number of hydrogen-bond acceptors (Lipinski definition) is 7. The third kappa shape index (κ3) is 6.11. The minimum Gasteiger partial charge on any atom is -0.430 e. The lowest BCUT2D eigenvalue weighted by molar-refractivity contribution is -0.948. The summed E-state index contributed by atoms with van der Waals surface area (Å²) in [5.41, 5.74) is 2.86. The van der Waals surface area contributed by atoms with Crippen molar-refractivity contribution in [3.05, 3.63) is 69.3 Å². The first-order valence-electron chi connectivity index (χ1n) is 14.3. The van der Waals surface area contributed by atoms with Gasteiger partial charge in [-0.3, -0.25) is 13.8 Å². The first kappa shape index (κ1) is 28.0. The molecule has 2 aliphatic rings. The average Bonchev–Trinajstić information content (AvgIpc) is 3.37. The van der Waals surface area contributed by atoms with Gasteiger partial charge in [-0.2, -0.15) is 0 Å². The number of ether oxygens (including phenoxy) is 2. The fourth-order valence-electron chi connectivity index (χ4n) is 5.98. The molecule has 0 N–H and O–H groups in total. The lowest BCUT2D eigenvalue weighted by atomic mass is 9.90. The molecular weight excluding hydrogens is 515 g/mol. The molecule has 0 saturated carbocycles. The summed E-state index contributed by atoms with van der Waals surface area (Å²) in [4.78, 5) is 30.5.